The van der Waals surface area contributed by atoms with Crippen LogP contribution in [0.2, 0.25) is 5.15 Å². The van der Waals surface area contributed by atoms with Crippen LogP contribution >= 0.6 is 11.6 Å². The summed E-state index contributed by atoms with van der Waals surface area (Å²) in [5.41, 5.74) is 0.869. The van der Waals surface area contributed by atoms with Gasteiger partial charge < -0.3 is 9.88 Å². The van der Waals surface area contributed by atoms with Gasteiger partial charge in [0.15, 0.2) is 5.82 Å². The highest BCUT2D eigenvalue weighted by atomic mass is 35.5. The van der Waals surface area contributed by atoms with Crippen LogP contribution in [0.4, 0.5) is 5.82 Å². The van der Waals surface area contributed by atoms with E-state index in [2.05, 4.69) is 25.5 Å². The van der Waals surface area contributed by atoms with Crippen LogP contribution in [0.15, 0.2) is 6.33 Å². The van der Waals surface area contributed by atoms with Crippen LogP contribution in [0.3, 0.4) is 0 Å². The summed E-state index contributed by atoms with van der Waals surface area (Å²) in [6.45, 7) is 2.48. The van der Waals surface area contributed by atoms with Crippen molar-refractivity contribution in [3.8, 4) is 0 Å². The second-order valence-corrected chi connectivity index (χ2v) is 5.19. The lowest BCUT2D eigenvalue weighted by Gasteiger charge is -2.10. The summed E-state index contributed by atoms with van der Waals surface area (Å²) in [7, 11) is 1.91. The number of rotatable bonds is 4. The Bertz CT molecular complexity index is 604. The lowest BCUT2D eigenvalue weighted by Crippen LogP contribution is -2.10. The van der Waals surface area contributed by atoms with Gasteiger partial charge in [-0.15, -0.1) is 10.2 Å². The Morgan fingerprint density at radius 2 is 2.21 bits per heavy atom. The SMILES string of the molecule is Cc1c(Cl)nc(C2CC2)nc1NCc1nncn1C. The summed E-state index contributed by atoms with van der Waals surface area (Å²) in [5.74, 6) is 2.96. The first-order valence-corrected chi connectivity index (χ1v) is 6.63. The third-order valence-corrected chi connectivity index (χ3v) is 3.63. The summed E-state index contributed by atoms with van der Waals surface area (Å²) in [6.07, 6.45) is 3.98. The lowest BCUT2D eigenvalue weighted by molar-refractivity contribution is 0.806. The van der Waals surface area contributed by atoms with Gasteiger partial charge >= 0.3 is 0 Å². The van der Waals surface area contributed by atoms with Gasteiger partial charge in [0, 0.05) is 18.5 Å². The van der Waals surface area contributed by atoms with Gasteiger partial charge in [0.1, 0.15) is 23.1 Å². The molecule has 0 aromatic carbocycles. The van der Waals surface area contributed by atoms with E-state index in [1.807, 2.05) is 18.5 Å². The molecule has 0 bridgehead atoms. The summed E-state index contributed by atoms with van der Waals surface area (Å²) < 4.78 is 1.87. The molecule has 0 atom stereocenters. The van der Waals surface area contributed by atoms with Crippen molar-refractivity contribution in [1.29, 1.82) is 0 Å². The van der Waals surface area contributed by atoms with Gasteiger partial charge in [-0.05, 0) is 19.8 Å². The predicted octanol–water partition coefficient (Wildman–Crippen LogP) is 2.06. The summed E-state index contributed by atoms with van der Waals surface area (Å²) in [4.78, 5) is 8.90. The van der Waals surface area contributed by atoms with Crippen molar-refractivity contribution in [2.24, 2.45) is 7.05 Å². The van der Waals surface area contributed by atoms with Crippen molar-refractivity contribution >= 4 is 17.4 Å². The van der Waals surface area contributed by atoms with Crippen molar-refractivity contribution in [3.63, 3.8) is 0 Å². The molecule has 1 aliphatic rings. The van der Waals surface area contributed by atoms with Crippen molar-refractivity contribution in [3.05, 3.63) is 28.7 Å². The van der Waals surface area contributed by atoms with Gasteiger partial charge in [-0.1, -0.05) is 11.6 Å². The van der Waals surface area contributed by atoms with E-state index in [9.17, 15) is 0 Å². The topological polar surface area (TPSA) is 68.5 Å². The molecule has 1 N–H and O–H groups in total. The number of hydrogen-bond donors (Lipinski definition) is 1. The number of aromatic nitrogens is 5. The highest BCUT2D eigenvalue weighted by Crippen LogP contribution is 2.39. The molecule has 0 saturated heterocycles. The Morgan fingerprint density at radius 3 is 2.84 bits per heavy atom. The van der Waals surface area contributed by atoms with Crippen LogP contribution < -0.4 is 5.32 Å². The third kappa shape index (κ3) is 2.53. The minimum atomic E-state index is 0.480. The first-order chi connectivity index (χ1) is 9.15. The Balaban J connectivity index is 1.81. The fraction of sp³-hybridized carbons (Fsp3) is 0.500. The molecule has 7 heteroatoms. The van der Waals surface area contributed by atoms with Gasteiger partial charge in [-0.25, -0.2) is 9.97 Å². The lowest BCUT2D eigenvalue weighted by atomic mass is 10.3. The molecule has 0 spiro atoms. The van der Waals surface area contributed by atoms with Crippen LogP contribution in [0.1, 0.15) is 36.0 Å². The van der Waals surface area contributed by atoms with Gasteiger partial charge in [0.25, 0.3) is 0 Å². The molecule has 0 amide bonds. The zero-order chi connectivity index (χ0) is 13.4. The highest BCUT2D eigenvalue weighted by Gasteiger charge is 2.28. The molecule has 1 saturated carbocycles. The minimum absolute atomic E-state index is 0.480. The number of halogens is 1. The van der Waals surface area contributed by atoms with Crippen molar-refractivity contribution in [2.45, 2.75) is 32.2 Å². The van der Waals surface area contributed by atoms with Crippen molar-refractivity contribution in [2.75, 3.05) is 5.32 Å². The second-order valence-electron chi connectivity index (χ2n) is 4.83. The second kappa shape index (κ2) is 4.77. The fourth-order valence-electron chi connectivity index (χ4n) is 1.83. The number of anilines is 1. The molecular weight excluding hydrogens is 264 g/mol. The molecular formula is C12H15ClN6. The van der Waals surface area contributed by atoms with E-state index < -0.39 is 0 Å². The molecule has 0 aliphatic heterocycles. The summed E-state index contributed by atoms with van der Waals surface area (Å²) in [6, 6.07) is 0. The Labute approximate surface area is 116 Å². The molecule has 6 nitrogen and oxygen atoms in total. The molecule has 1 aliphatic carbocycles. The summed E-state index contributed by atoms with van der Waals surface area (Å²) in [5, 5.41) is 11.7. The Kier molecular flexibility index (Phi) is 3.10. The molecule has 0 unspecified atom stereocenters. The number of hydrogen-bond acceptors (Lipinski definition) is 5. The molecule has 0 radical (unpaired) electrons. The zero-order valence-corrected chi connectivity index (χ0v) is 11.6. The molecule has 3 rings (SSSR count). The van der Waals surface area contributed by atoms with E-state index >= 15 is 0 Å². The standard InChI is InChI=1S/C12H15ClN6/c1-7-10(13)16-12(8-3-4-8)17-11(7)14-5-9-18-15-6-19(9)2/h6,8H,3-5H2,1-2H3,(H,14,16,17). The van der Waals surface area contributed by atoms with Crippen LogP contribution in [-0.4, -0.2) is 24.7 Å². The Hall–Kier alpha value is -1.69. The third-order valence-electron chi connectivity index (χ3n) is 3.27. The molecule has 2 aromatic heterocycles. The molecule has 1 fully saturated rings. The van der Waals surface area contributed by atoms with Crippen molar-refractivity contribution in [1.82, 2.24) is 24.7 Å². The maximum Gasteiger partial charge on any atom is 0.151 e. The highest BCUT2D eigenvalue weighted by molar-refractivity contribution is 6.30. The largest absolute Gasteiger partial charge is 0.362 e. The van der Waals surface area contributed by atoms with Crippen LogP contribution in [0.5, 0.6) is 0 Å². The molecule has 100 valence electrons. The monoisotopic (exact) mass is 278 g/mol. The van der Waals surface area contributed by atoms with Gasteiger partial charge in [0.05, 0.1) is 6.54 Å². The minimum Gasteiger partial charge on any atom is -0.362 e. The number of aryl methyl sites for hydroxylation is 1. The van der Waals surface area contributed by atoms with E-state index in [4.69, 9.17) is 11.6 Å². The molecule has 2 aromatic rings. The molecule has 19 heavy (non-hydrogen) atoms. The van der Waals surface area contributed by atoms with Crippen LogP contribution in [0.25, 0.3) is 0 Å². The van der Waals surface area contributed by atoms with Gasteiger partial charge in [-0.2, -0.15) is 0 Å². The van der Waals surface area contributed by atoms with Gasteiger partial charge in [-0.3, -0.25) is 0 Å². The summed E-state index contributed by atoms with van der Waals surface area (Å²) >= 11 is 6.16. The molecule has 2 heterocycles. The first-order valence-electron chi connectivity index (χ1n) is 6.26. The average Bonchev–Trinajstić information content (AvgIpc) is 3.15. The smallest absolute Gasteiger partial charge is 0.151 e. The van der Waals surface area contributed by atoms with E-state index in [0.29, 0.717) is 17.6 Å². The number of nitrogens with zero attached hydrogens (tertiary/aromatic N) is 5. The van der Waals surface area contributed by atoms with E-state index in [1.54, 1.807) is 6.33 Å². The quantitative estimate of drug-likeness (QED) is 0.867. The van der Waals surface area contributed by atoms with Crippen LogP contribution in [0, 0.1) is 6.92 Å². The van der Waals surface area contributed by atoms with Gasteiger partial charge in [0.2, 0.25) is 0 Å². The fourth-order valence-corrected chi connectivity index (χ4v) is 2.01. The first kappa shape index (κ1) is 12.3. The maximum absolute atomic E-state index is 6.16. The number of nitrogens with one attached hydrogen (secondary N) is 1. The zero-order valence-electron chi connectivity index (χ0n) is 10.9. The Morgan fingerprint density at radius 1 is 1.42 bits per heavy atom. The van der Waals surface area contributed by atoms with E-state index in [-0.39, 0.29) is 0 Å². The van der Waals surface area contributed by atoms with Crippen molar-refractivity contribution < 1.29 is 0 Å². The van der Waals surface area contributed by atoms with Crippen LogP contribution in [-0.2, 0) is 13.6 Å². The predicted molar refractivity (Wildman–Crippen MR) is 72.1 cm³/mol. The van der Waals surface area contributed by atoms with E-state index in [0.717, 1.165) is 35.9 Å². The average molecular weight is 279 g/mol. The van der Waals surface area contributed by atoms with E-state index in [1.165, 1.54) is 0 Å². The maximum atomic E-state index is 6.16. The normalized spacial score (nSPS) is 14.7.